The highest BCUT2D eigenvalue weighted by Crippen LogP contribution is 2.34. The second kappa shape index (κ2) is 6.24. The van der Waals surface area contributed by atoms with Gasteiger partial charge in [0.05, 0.1) is 0 Å². The van der Waals surface area contributed by atoms with Crippen LogP contribution in [0.3, 0.4) is 0 Å². The highest BCUT2D eigenvalue weighted by molar-refractivity contribution is 9.10. The van der Waals surface area contributed by atoms with Crippen LogP contribution in [-0.4, -0.2) is 19.3 Å². The van der Waals surface area contributed by atoms with Crippen LogP contribution in [0.2, 0.25) is 0 Å². The smallest absolute Gasteiger partial charge is 0.137 e. The minimum Gasteiger partial charge on any atom is -0.347 e. The molecule has 0 aliphatic carbocycles. The summed E-state index contributed by atoms with van der Waals surface area (Å²) in [6, 6.07) is 16.9. The number of aromatic nitrogens is 4. The van der Waals surface area contributed by atoms with E-state index in [-0.39, 0.29) is 6.04 Å². The molecule has 0 aliphatic rings. The number of hydrogen-bond acceptors (Lipinski definition) is 2. The van der Waals surface area contributed by atoms with Crippen LogP contribution >= 0.6 is 15.9 Å². The number of rotatable bonds is 4. The Bertz CT molecular complexity index is 958. The van der Waals surface area contributed by atoms with Crippen molar-refractivity contribution in [1.82, 2.24) is 19.3 Å². The summed E-state index contributed by atoms with van der Waals surface area (Å²) >= 11 is 3.61. The van der Waals surface area contributed by atoms with Crippen molar-refractivity contribution in [2.24, 2.45) is 0 Å². The lowest BCUT2D eigenvalue weighted by molar-refractivity contribution is 0.594. The highest BCUT2D eigenvalue weighted by atomic mass is 79.9. The van der Waals surface area contributed by atoms with Gasteiger partial charge in [0, 0.05) is 33.7 Å². The molecule has 0 saturated carbocycles. The van der Waals surface area contributed by atoms with E-state index in [1.807, 2.05) is 10.7 Å². The number of hydrogen-bond donors (Lipinski definition) is 0. The lowest BCUT2D eigenvalue weighted by atomic mass is 9.98. The van der Waals surface area contributed by atoms with Crippen LogP contribution in [0.5, 0.6) is 0 Å². The lowest BCUT2D eigenvalue weighted by Gasteiger charge is -2.17. The van der Waals surface area contributed by atoms with Gasteiger partial charge in [-0.2, -0.15) is 5.10 Å². The Hall–Kier alpha value is -2.40. The molecular weight excluding hydrogens is 364 g/mol. The van der Waals surface area contributed by atoms with Crippen LogP contribution in [-0.2, 0) is 6.54 Å². The molecule has 2 aromatic carbocycles. The SMILES string of the molecule is CCn1cc(C(c2ccccc2)n2cncn2)c2cc(Br)ccc21. The molecule has 2 heterocycles. The minimum absolute atomic E-state index is 0.00157. The summed E-state index contributed by atoms with van der Waals surface area (Å²) in [7, 11) is 0. The number of fused-ring (bicyclic) bond motifs is 1. The van der Waals surface area contributed by atoms with Crippen molar-refractivity contribution in [2.75, 3.05) is 0 Å². The zero-order valence-corrected chi connectivity index (χ0v) is 14.9. The van der Waals surface area contributed by atoms with Crippen molar-refractivity contribution in [2.45, 2.75) is 19.5 Å². The Balaban J connectivity index is 2.00. The molecule has 5 heteroatoms. The zero-order chi connectivity index (χ0) is 16.5. The van der Waals surface area contributed by atoms with E-state index in [0.29, 0.717) is 0 Å². The monoisotopic (exact) mass is 380 g/mol. The maximum Gasteiger partial charge on any atom is 0.137 e. The molecule has 1 atom stereocenters. The van der Waals surface area contributed by atoms with E-state index in [1.54, 1.807) is 12.7 Å². The van der Waals surface area contributed by atoms with E-state index in [1.165, 1.54) is 22.0 Å². The molecule has 0 N–H and O–H groups in total. The van der Waals surface area contributed by atoms with Crippen LogP contribution in [0.25, 0.3) is 10.9 Å². The maximum atomic E-state index is 4.42. The average molecular weight is 381 g/mol. The van der Waals surface area contributed by atoms with Gasteiger partial charge in [0.2, 0.25) is 0 Å². The topological polar surface area (TPSA) is 35.6 Å². The van der Waals surface area contributed by atoms with Gasteiger partial charge in [-0.15, -0.1) is 0 Å². The molecule has 0 amide bonds. The predicted octanol–water partition coefficient (Wildman–Crippen LogP) is 4.65. The van der Waals surface area contributed by atoms with Crippen LogP contribution in [0, 0.1) is 0 Å². The highest BCUT2D eigenvalue weighted by Gasteiger charge is 2.22. The van der Waals surface area contributed by atoms with Gasteiger partial charge in [0.15, 0.2) is 0 Å². The molecule has 4 aromatic rings. The van der Waals surface area contributed by atoms with E-state index < -0.39 is 0 Å². The van der Waals surface area contributed by atoms with Gasteiger partial charge in [-0.1, -0.05) is 46.3 Å². The van der Waals surface area contributed by atoms with Gasteiger partial charge in [0.25, 0.3) is 0 Å². The fraction of sp³-hybridized carbons (Fsp3) is 0.158. The predicted molar refractivity (Wildman–Crippen MR) is 99.0 cm³/mol. The molecule has 0 bridgehead atoms. The lowest BCUT2D eigenvalue weighted by Crippen LogP contribution is -2.12. The molecule has 0 fully saturated rings. The van der Waals surface area contributed by atoms with Gasteiger partial charge in [-0.25, -0.2) is 9.67 Å². The second-order valence-electron chi connectivity index (χ2n) is 5.72. The van der Waals surface area contributed by atoms with Crippen LogP contribution in [0.1, 0.15) is 24.1 Å². The second-order valence-corrected chi connectivity index (χ2v) is 6.64. The first kappa shape index (κ1) is 15.1. The third kappa shape index (κ3) is 2.55. The number of halogens is 1. The normalized spacial score (nSPS) is 12.6. The molecule has 0 aliphatic heterocycles. The third-order valence-corrected chi connectivity index (χ3v) is 4.82. The fourth-order valence-electron chi connectivity index (χ4n) is 3.24. The molecule has 0 spiro atoms. The molecule has 4 rings (SSSR count). The first-order chi connectivity index (χ1) is 11.8. The molecule has 1 unspecified atom stereocenters. The Morgan fingerprint density at radius 3 is 2.67 bits per heavy atom. The quantitative estimate of drug-likeness (QED) is 0.516. The van der Waals surface area contributed by atoms with Crippen LogP contribution < -0.4 is 0 Å². The van der Waals surface area contributed by atoms with Crippen LogP contribution in [0.15, 0.2) is 71.9 Å². The molecule has 0 radical (unpaired) electrons. The molecule has 24 heavy (non-hydrogen) atoms. The summed E-state index contributed by atoms with van der Waals surface area (Å²) < 4.78 is 5.28. The summed E-state index contributed by atoms with van der Waals surface area (Å²) in [4.78, 5) is 4.15. The molecule has 2 aromatic heterocycles. The first-order valence-corrected chi connectivity index (χ1v) is 8.74. The summed E-state index contributed by atoms with van der Waals surface area (Å²) in [5.74, 6) is 0. The van der Waals surface area contributed by atoms with Gasteiger partial charge >= 0.3 is 0 Å². The van der Waals surface area contributed by atoms with E-state index in [9.17, 15) is 0 Å². The average Bonchev–Trinajstić information content (AvgIpc) is 3.25. The number of aryl methyl sites for hydroxylation is 1. The van der Waals surface area contributed by atoms with Gasteiger partial charge in [0.1, 0.15) is 18.7 Å². The van der Waals surface area contributed by atoms with Crippen molar-refractivity contribution in [3.05, 3.63) is 83.0 Å². The minimum atomic E-state index is -0.00157. The Morgan fingerprint density at radius 2 is 1.96 bits per heavy atom. The van der Waals surface area contributed by atoms with Crippen molar-refractivity contribution in [1.29, 1.82) is 0 Å². The van der Waals surface area contributed by atoms with Gasteiger partial charge in [-0.3, -0.25) is 0 Å². The molecule has 4 nitrogen and oxygen atoms in total. The van der Waals surface area contributed by atoms with E-state index in [2.05, 4.69) is 86.2 Å². The number of benzene rings is 2. The van der Waals surface area contributed by atoms with Gasteiger partial charge in [-0.05, 0) is 30.7 Å². The van der Waals surface area contributed by atoms with Crippen molar-refractivity contribution >= 4 is 26.8 Å². The first-order valence-electron chi connectivity index (χ1n) is 7.95. The maximum absolute atomic E-state index is 4.42. The molecule has 120 valence electrons. The van der Waals surface area contributed by atoms with E-state index in [0.717, 1.165) is 11.0 Å². The Morgan fingerprint density at radius 1 is 1.12 bits per heavy atom. The summed E-state index contributed by atoms with van der Waals surface area (Å²) in [6.07, 6.45) is 5.60. The molecular formula is C19H17BrN4. The standard InChI is InChI=1S/C19H17BrN4/c1-2-23-11-17(16-10-15(20)8-9-18(16)23)19(24-13-21-12-22-24)14-6-4-3-5-7-14/h3-13,19H,2H2,1H3. The fourth-order valence-corrected chi connectivity index (χ4v) is 3.60. The van der Waals surface area contributed by atoms with Gasteiger partial charge < -0.3 is 4.57 Å². The molecule has 0 saturated heterocycles. The third-order valence-electron chi connectivity index (χ3n) is 4.33. The van der Waals surface area contributed by atoms with Crippen molar-refractivity contribution in [3.8, 4) is 0 Å². The Labute approximate surface area is 148 Å². The largest absolute Gasteiger partial charge is 0.347 e. The summed E-state index contributed by atoms with van der Waals surface area (Å²) in [5, 5.41) is 5.65. The summed E-state index contributed by atoms with van der Waals surface area (Å²) in [5.41, 5.74) is 3.65. The zero-order valence-electron chi connectivity index (χ0n) is 13.3. The van der Waals surface area contributed by atoms with E-state index >= 15 is 0 Å². The van der Waals surface area contributed by atoms with Crippen molar-refractivity contribution < 1.29 is 0 Å². The summed E-state index contributed by atoms with van der Waals surface area (Å²) in [6.45, 7) is 3.09. The van der Waals surface area contributed by atoms with E-state index in [4.69, 9.17) is 0 Å². The number of nitrogens with zero attached hydrogens (tertiary/aromatic N) is 4. The van der Waals surface area contributed by atoms with Crippen LogP contribution in [0.4, 0.5) is 0 Å². The Kier molecular flexibility index (Phi) is 3.94. The van der Waals surface area contributed by atoms with Crippen molar-refractivity contribution in [3.63, 3.8) is 0 Å².